The quantitative estimate of drug-likeness (QED) is 0.656. The van der Waals surface area contributed by atoms with Gasteiger partial charge in [0.2, 0.25) is 5.90 Å². The minimum absolute atomic E-state index is 0.134. The summed E-state index contributed by atoms with van der Waals surface area (Å²) in [5, 5.41) is 7.28. The summed E-state index contributed by atoms with van der Waals surface area (Å²) in [6.07, 6.45) is 3.23. The average Bonchev–Trinajstić information content (AvgIpc) is 2.49. The van der Waals surface area contributed by atoms with E-state index >= 15 is 0 Å². The van der Waals surface area contributed by atoms with Gasteiger partial charge in [-0.1, -0.05) is 0 Å². The lowest BCUT2D eigenvalue weighted by Crippen LogP contribution is -1.97. The van der Waals surface area contributed by atoms with Crippen molar-refractivity contribution in [2.24, 2.45) is 0 Å². The summed E-state index contributed by atoms with van der Waals surface area (Å²) >= 11 is 3.18. The molecule has 0 spiro atoms. The molecule has 0 amide bonds. The van der Waals surface area contributed by atoms with Crippen LogP contribution in [-0.4, -0.2) is 12.5 Å². The fourth-order valence-corrected chi connectivity index (χ4v) is 1.10. The summed E-state index contributed by atoms with van der Waals surface area (Å²) in [6, 6.07) is 3.60. The SMILES string of the molecule is CCOC(=N)/C=C/c1ccc(Br)o1. The molecule has 1 rings (SSSR count). The molecule has 1 aromatic heterocycles. The maximum Gasteiger partial charge on any atom is 0.205 e. The van der Waals surface area contributed by atoms with Crippen molar-refractivity contribution < 1.29 is 9.15 Å². The molecule has 0 aliphatic rings. The van der Waals surface area contributed by atoms with Gasteiger partial charge in [-0.2, -0.15) is 0 Å². The van der Waals surface area contributed by atoms with Crippen LogP contribution in [0.5, 0.6) is 0 Å². The predicted octanol–water partition coefficient (Wildman–Crippen LogP) is 3.07. The standard InChI is InChI=1S/C9H10BrNO2/c1-2-12-9(11)6-4-7-3-5-8(10)13-7/h3-6,11H,2H2,1H3/b6-4+,11-9?. The normalized spacial score (nSPS) is 10.6. The Bertz CT molecular complexity index is 317. The molecule has 3 nitrogen and oxygen atoms in total. The van der Waals surface area contributed by atoms with Gasteiger partial charge in [-0.3, -0.25) is 5.41 Å². The van der Waals surface area contributed by atoms with E-state index in [0.717, 1.165) is 0 Å². The van der Waals surface area contributed by atoms with E-state index in [1.807, 2.05) is 6.92 Å². The monoisotopic (exact) mass is 243 g/mol. The maximum absolute atomic E-state index is 7.28. The Labute approximate surface area is 85.0 Å². The first-order valence-corrected chi connectivity index (χ1v) is 4.66. The molecule has 1 heterocycles. The first-order valence-electron chi connectivity index (χ1n) is 3.87. The van der Waals surface area contributed by atoms with E-state index < -0.39 is 0 Å². The first kappa shape index (κ1) is 10.1. The Morgan fingerprint density at radius 2 is 2.46 bits per heavy atom. The summed E-state index contributed by atoms with van der Waals surface area (Å²) in [6.45, 7) is 2.34. The number of rotatable bonds is 3. The zero-order chi connectivity index (χ0) is 9.68. The van der Waals surface area contributed by atoms with E-state index in [9.17, 15) is 0 Å². The molecule has 1 N–H and O–H groups in total. The van der Waals surface area contributed by atoms with Crippen molar-refractivity contribution in [3.8, 4) is 0 Å². The highest BCUT2D eigenvalue weighted by Gasteiger charge is 1.94. The van der Waals surface area contributed by atoms with Crippen molar-refractivity contribution >= 4 is 27.9 Å². The summed E-state index contributed by atoms with van der Waals surface area (Å²) in [7, 11) is 0. The van der Waals surface area contributed by atoms with Crippen molar-refractivity contribution in [2.45, 2.75) is 6.92 Å². The van der Waals surface area contributed by atoms with Crippen LogP contribution in [0, 0.1) is 5.41 Å². The molecule has 0 radical (unpaired) electrons. The molecule has 0 bridgehead atoms. The first-order chi connectivity index (χ1) is 6.22. The third kappa shape index (κ3) is 3.46. The molecule has 4 heteroatoms. The van der Waals surface area contributed by atoms with Gasteiger partial charge in [0, 0.05) is 6.08 Å². The van der Waals surface area contributed by atoms with Gasteiger partial charge in [0.25, 0.3) is 0 Å². The van der Waals surface area contributed by atoms with Crippen molar-refractivity contribution in [2.75, 3.05) is 6.61 Å². The summed E-state index contributed by atoms with van der Waals surface area (Å²) in [4.78, 5) is 0. The minimum atomic E-state index is 0.134. The Morgan fingerprint density at radius 3 is 3.00 bits per heavy atom. The Balaban J connectivity index is 2.53. The Kier molecular flexibility index (Phi) is 3.76. The second-order valence-electron chi connectivity index (χ2n) is 2.27. The van der Waals surface area contributed by atoms with Crippen LogP contribution in [-0.2, 0) is 4.74 Å². The average molecular weight is 244 g/mol. The molecule has 0 unspecified atom stereocenters. The van der Waals surface area contributed by atoms with E-state index in [0.29, 0.717) is 17.0 Å². The van der Waals surface area contributed by atoms with E-state index in [4.69, 9.17) is 14.6 Å². The molecular formula is C9H10BrNO2. The van der Waals surface area contributed by atoms with Gasteiger partial charge < -0.3 is 9.15 Å². The lowest BCUT2D eigenvalue weighted by atomic mass is 10.4. The van der Waals surface area contributed by atoms with Gasteiger partial charge >= 0.3 is 0 Å². The molecular weight excluding hydrogens is 234 g/mol. The van der Waals surface area contributed by atoms with Gasteiger partial charge in [-0.15, -0.1) is 0 Å². The highest BCUT2D eigenvalue weighted by Crippen LogP contribution is 2.14. The van der Waals surface area contributed by atoms with Crippen LogP contribution >= 0.6 is 15.9 Å². The molecule has 70 valence electrons. The van der Waals surface area contributed by atoms with E-state index in [2.05, 4.69) is 15.9 Å². The van der Waals surface area contributed by atoms with E-state index in [-0.39, 0.29) is 5.90 Å². The van der Waals surface area contributed by atoms with Crippen molar-refractivity contribution in [1.82, 2.24) is 0 Å². The Hall–Kier alpha value is -1.03. The van der Waals surface area contributed by atoms with Gasteiger partial charge in [0.15, 0.2) is 4.67 Å². The molecule has 0 aromatic carbocycles. The number of ether oxygens (including phenoxy) is 1. The van der Waals surface area contributed by atoms with Gasteiger partial charge in [-0.25, -0.2) is 0 Å². The summed E-state index contributed by atoms with van der Waals surface area (Å²) in [5.74, 6) is 0.825. The molecule has 0 aliphatic heterocycles. The smallest absolute Gasteiger partial charge is 0.205 e. The van der Waals surface area contributed by atoms with Crippen LogP contribution in [0.25, 0.3) is 6.08 Å². The number of hydrogen-bond donors (Lipinski definition) is 1. The van der Waals surface area contributed by atoms with Crippen molar-refractivity contribution in [3.63, 3.8) is 0 Å². The largest absolute Gasteiger partial charge is 0.478 e. The van der Waals surface area contributed by atoms with Crippen molar-refractivity contribution in [3.05, 3.63) is 28.6 Å². The third-order valence-corrected chi connectivity index (χ3v) is 1.72. The lowest BCUT2D eigenvalue weighted by Gasteiger charge is -1.96. The molecule has 0 saturated carbocycles. The minimum Gasteiger partial charge on any atom is -0.478 e. The van der Waals surface area contributed by atoms with E-state index in [1.54, 1.807) is 24.3 Å². The van der Waals surface area contributed by atoms with Gasteiger partial charge in [-0.05, 0) is 41.1 Å². The summed E-state index contributed by atoms with van der Waals surface area (Å²) < 4.78 is 10.8. The van der Waals surface area contributed by atoms with Crippen molar-refractivity contribution in [1.29, 1.82) is 5.41 Å². The van der Waals surface area contributed by atoms with Crippen LogP contribution in [0.4, 0.5) is 0 Å². The molecule has 1 aromatic rings. The highest BCUT2D eigenvalue weighted by molar-refractivity contribution is 9.10. The topological polar surface area (TPSA) is 46.2 Å². The lowest BCUT2D eigenvalue weighted by molar-refractivity contribution is 0.327. The fraction of sp³-hybridized carbons (Fsp3) is 0.222. The predicted molar refractivity (Wildman–Crippen MR) is 54.8 cm³/mol. The zero-order valence-corrected chi connectivity index (χ0v) is 8.80. The maximum atomic E-state index is 7.28. The molecule has 13 heavy (non-hydrogen) atoms. The Morgan fingerprint density at radius 1 is 1.69 bits per heavy atom. The highest BCUT2D eigenvalue weighted by atomic mass is 79.9. The summed E-state index contributed by atoms with van der Waals surface area (Å²) in [5.41, 5.74) is 0. The molecule has 0 aliphatic carbocycles. The zero-order valence-electron chi connectivity index (χ0n) is 7.21. The van der Waals surface area contributed by atoms with Crippen LogP contribution in [0.1, 0.15) is 12.7 Å². The van der Waals surface area contributed by atoms with Gasteiger partial charge in [0.1, 0.15) is 5.76 Å². The third-order valence-electron chi connectivity index (χ3n) is 1.29. The number of hydrogen-bond acceptors (Lipinski definition) is 3. The van der Waals surface area contributed by atoms with E-state index in [1.165, 1.54) is 0 Å². The fourth-order valence-electron chi connectivity index (χ4n) is 0.779. The second kappa shape index (κ2) is 4.87. The molecule has 0 saturated heterocycles. The van der Waals surface area contributed by atoms with Crippen LogP contribution in [0.3, 0.4) is 0 Å². The van der Waals surface area contributed by atoms with Crippen LogP contribution < -0.4 is 0 Å². The van der Waals surface area contributed by atoms with Crippen LogP contribution in [0.2, 0.25) is 0 Å². The number of halogens is 1. The number of furan rings is 1. The van der Waals surface area contributed by atoms with Gasteiger partial charge in [0.05, 0.1) is 6.61 Å². The molecule has 0 atom stereocenters. The number of nitrogens with one attached hydrogen (secondary N) is 1. The second-order valence-corrected chi connectivity index (χ2v) is 3.05. The molecule has 0 fully saturated rings. The van der Waals surface area contributed by atoms with Crippen LogP contribution in [0.15, 0.2) is 27.3 Å².